The number of aliphatic imine (C=N–C) groups is 1. The van der Waals surface area contributed by atoms with Crippen molar-refractivity contribution in [2.75, 3.05) is 25.4 Å². The van der Waals surface area contributed by atoms with Gasteiger partial charge in [-0.15, -0.1) is 0 Å². The number of amidine groups is 1. The highest BCUT2D eigenvalue weighted by Gasteiger charge is 2.57. The Bertz CT molecular complexity index is 1120. The van der Waals surface area contributed by atoms with Gasteiger partial charge in [0.05, 0.1) is 5.69 Å². The van der Waals surface area contributed by atoms with Crippen LogP contribution in [0.15, 0.2) is 47.7 Å². The molecule has 164 valence electrons. The molecular weight excluding hydrogens is 402 g/mol. The number of carbonyl (C=O) groups is 2. The molecular formula is C25H27N5O2. The molecule has 2 aromatic rings. The number of likely N-dealkylation sites (tertiary alicyclic amines) is 1. The molecule has 7 heteroatoms. The SMILES string of the molecule is Nc1cncc(-c2ccc(C3=NC4(CC4)C(=O)N3C[C@@H]3CCN(C(=O)C4CC4)C3)cc2)c1. The zero-order chi connectivity index (χ0) is 21.9. The number of rotatable bonds is 5. The first-order valence-electron chi connectivity index (χ1n) is 11.5. The maximum atomic E-state index is 13.2. The Morgan fingerprint density at radius 1 is 1.06 bits per heavy atom. The third-order valence-corrected chi connectivity index (χ3v) is 7.14. The first-order chi connectivity index (χ1) is 15.5. The molecule has 1 saturated heterocycles. The quantitative estimate of drug-likeness (QED) is 0.791. The summed E-state index contributed by atoms with van der Waals surface area (Å²) in [5.41, 5.74) is 8.90. The molecule has 6 rings (SSSR count). The Balaban J connectivity index is 1.21. The van der Waals surface area contributed by atoms with E-state index in [1.165, 1.54) is 0 Å². The number of benzene rings is 1. The fourth-order valence-corrected chi connectivity index (χ4v) is 4.95. The Kier molecular flexibility index (Phi) is 4.35. The summed E-state index contributed by atoms with van der Waals surface area (Å²) in [6.45, 7) is 2.19. The van der Waals surface area contributed by atoms with Crippen LogP contribution in [0.25, 0.3) is 11.1 Å². The van der Waals surface area contributed by atoms with Crippen LogP contribution in [0.5, 0.6) is 0 Å². The number of carbonyl (C=O) groups excluding carboxylic acids is 2. The van der Waals surface area contributed by atoms with Crippen molar-refractivity contribution in [3.8, 4) is 11.1 Å². The molecule has 0 bridgehead atoms. The molecule has 1 atom stereocenters. The molecule has 32 heavy (non-hydrogen) atoms. The van der Waals surface area contributed by atoms with Gasteiger partial charge in [0.15, 0.2) is 0 Å². The fourth-order valence-electron chi connectivity index (χ4n) is 4.95. The lowest BCUT2D eigenvalue weighted by molar-refractivity contribution is -0.131. The number of amides is 2. The second-order valence-electron chi connectivity index (χ2n) is 9.68. The average molecular weight is 430 g/mol. The fraction of sp³-hybridized carbons (Fsp3) is 0.440. The lowest BCUT2D eigenvalue weighted by Gasteiger charge is -2.23. The van der Waals surface area contributed by atoms with Gasteiger partial charge < -0.3 is 10.6 Å². The van der Waals surface area contributed by atoms with E-state index < -0.39 is 5.54 Å². The van der Waals surface area contributed by atoms with Crippen molar-refractivity contribution in [1.82, 2.24) is 14.8 Å². The summed E-state index contributed by atoms with van der Waals surface area (Å²) < 4.78 is 0. The number of pyridine rings is 1. The number of hydrogen-bond donors (Lipinski definition) is 1. The van der Waals surface area contributed by atoms with E-state index in [1.54, 1.807) is 12.4 Å². The Hall–Kier alpha value is -3.22. The smallest absolute Gasteiger partial charge is 0.256 e. The first kappa shape index (κ1) is 19.5. The van der Waals surface area contributed by atoms with E-state index in [0.717, 1.165) is 67.7 Å². The minimum absolute atomic E-state index is 0.128. The van der Waals surface area contributed by atoms with E-state index in [4.69, 9.17) is 10.7 Å². The summed E-state index contributed by atoms with van der Waals surface area (Å²) >= 11 is 0. The van der Waals surface area contributed by atoms with Crippen molar-refractivity contribution >= 4 is 23.3 Å². The Morgan fingerprint density at radius 3 is 2.50 bits per heavy atom. The molecule has 3 heterocycles. The third kappa shape index (κ3) is 3.36. The van der Waals surface area contributed by atoms with Crippen LogP contribution in [0, 0.1) is 11.8 Å². The zero-order valence-electron chi connectivity index (χ0n) is 18.0. The molecule has 0 unspecified atom stereocenters. The molecule has 1 aromatic carbocycles. The monoisotopic (exact) mass is 429 g/mol. The molecule has 2 amide bonds. The number of aromatic nitrogens is 1. The summed E-state index contributed by atoms with van der Waals surface area (Å²) in [4.78, 5) is 38.6. The van der Waals surface area contributed by atoms with Gasteiger partial charge in [-0.05, 0) is 49.7 Å². The second-order valence-corrected chi connectivity index (χ2v) is 9.68. The lowest BCUT2D eigenvalue weighted by Crippen LogP contribution is -2.40. The topological polar surface area (TPSA) is 91.9 Å². The summed E-state index contributed by atoms with van der Waals surface area (Å²) in [6.07, 6.45) is 8.10. The van der Waals surface area contributed by atoms with Crippen molar-refractivity contribution in [3.63, 3.8) is 0 Å². The van der Waals surface area contributed by atoms with Crippen LogP contribution >= 0.6 is 0 Å². The number of anilines is 1. The molecule has 4 aliphatic rings. The van der Waals surface area contributed by atoms with Gasteiger partial charge in [-0.25, -0.2) is 0 Å². The Labute approximate surface area is 187 Å². The normalized spacial score (nSPS) is 23.7. The van der Waals surface area contributed by atoms with Crippen LogP contribution in [-0.2, 0) is 9.59 Å². The van der Waals surface area contributed by atoms with Crippen molar-refractivity contribution in [1.29, 1.82) is 0 Å². The molecule has 2 N–H and O–H groups in total. The Morgan fingerprint density at radius 2 is 1.81 bits per heavy atom. The van der Waals surface area contributed by atoms with Crippen molar-refractivity contribution < 1.29 is 9.59 Å². The lowest BCUT2D eigenvalue weighted by atomic mass is 10.0. The molecule has 2 aliphatic carbocycles. The molecule has 7 nitrogen and oxygen atoms in total. The standard InChI is InChI=1S/C25H27N5O2/c26-21-11-20(12-27-13-21)17-1-3-18(4-2-17)22-28-25(8-9-25)24(32)30(22)15-16-7-10-29(14-16)23(31)19-5-6-19/h1-4,11-13,16,19H,5-10,14-15,26H2/t16-/m1/s1. The van der Waals surface area contributed by atoms with E-state index in [0.29, 0.717) is 24.1 Å². The first-order valence-corrected chi connectivity index (χ1v) is 11.5. The largest absolute Gasteiger partial charge is 0.397 e. The number of nitrogens with two attached hydrogens (primary N) is 1. The van der Waals surface area contributed by atoms with E-state index in [1.807, 2.05) is 40.1 Å². The highest BCUT2D eigenvalue weighted by molar-refractivity contribution is 6.16. The van der Waals surface area contributed by atoms with Gasteiger partial charge in [-0.3, -0.25) is 24.5 Å². The van der Waals surface area contributed by atoms with Gasteiger partial charge in [-0.2, -0.15) is 0 Å². The van der Waals surface area contributed by atoms with Crippen LogP contribution in [0.2, 0.25) is 0 Å². The summed E-state index contributed by atoms with van der Waals surface area (Å²) in [5.74, 6) is 1.76. The van der Waals surface area contributed by atoms with Crippen molar-refractivity contribution in [3.05, 3.63) is 48.3 Å². The summed E-state index contributed by atoms with van der Waals surface area (Å²) in [6, 6.07) is 10.0. The highest BCUT2D eigenvalue weighted by atomic mass is 16.2. The molecule has 2 aliphatic heterocycles. The summed E-state index contributed by atoms with van der Waals surface area (Å²) in [7, 11) is 0. The maximum Gasteiger partial charge on any atom is 0.256 e. The average Bonchev–Trinajstić information content (AvgIpc) is 3.72. The second kappa shape index (κ2) is 7.15. The van der Waals surface area contributed by atoms with Gasteiger partial charge in [0.1, 0.15) is 11.4 Å². The minimum atomic E-state index is -0.534. The minimum Gasteiger partial charge on any atom is -0.397 e. The molecule has 2 saturated carbocycles. The predicted molar refractivity (Wildman–Crippen MR) is 122 cm³/mol. The number of hydrogen-bond acceptors (Lipinski definition) is 5. The van der Waals surface area contributed by atoms with E-state index >= 15 is 0 Å². The number of nitrogen functional groups attached to an aromatic ring is 1. The van der Waals surface area contributed by atoms with Crippen LogP contribution in [0.4, 0.5) is 5.69 Å². The third-order valence-electron chi connectivity index (χ3n) is 7.14. The van der Waals surface area contributed by atoms with Crippen molar-refractivity contribution in [2.45, 2.75) is 37.6 Å². The predicted octanol–water partition coefficient (Wildman–Crippen LogP) is 2.71. The van der Waals surface area contributed by atoms with Crippen LogP contribution in [-0.4, -0.2) is 57.6 Å². The van der Waals surface area contributed by atoms with Gasteiger partial charge >= 0.3 is 0 Å². The van der Waals surface area contributed by atoms with Crippen LogP contribution in [0.3, 0.4) is 0 Å². The van der Waals surface area contributed by atoms with Crippen LogP contribution in [0.1, 0.15) is 37.7 Å². The van der Waals surface area contributed by atoms with Gasteiger partial charge in [-0.1, -0.05) is 24.3 Å². The zero-order valence-corrected chi connectivity index (χ0v) is 18.0. The maximum absolute atomic E-state index is 13.2. The molecule has 1 spiro atoms. The molecule has 3 fully saturated rings. The molecule has 0 radical (unpaired) electrons. The van der Waals surface area contributed by atoms with Gasteiger partial charge in [0.25, 0.3) is 5.91 Å². The van der Waals surface area contributed by atoms with Crippen molar-refractivity contribution in [2.24, 2.45) is 16.8 Å². The van der Waals surface area contributed by atoms with E-state index in [2.05, 4.69) is 4.98 Å². The van der Waals surface area contributed by atoms with Gasteiger partial charge in [0, 0.05) is 49.1 Å². The van der Waals surface area contributed by atoms with Crippen LogP contribution < -0.4 is 5.73 Å². The van der Waals surface area contributed by atoms with E-state index in [9.17, 15) is 9.59 Å². The number of nitrogens with zero attached hydrogens (tertiary/aromatic N) is 4. The molecule has 1 aromatic heterocycles. The van der Waals surface area contributed by atoms with E-state index in [-0.39, 0.29) is 11.8 Å². The summed E-state index contributed by atoms with van der Waals surface area (Å²) in [5, 5.41) is 0. The highest BCUT2D eigenvalue weighted by Crippen LogP contribution is 2.46. The van der Waals surface area contributed by atoms with Gasteiger partial charge in [0.2, 0.25) is 5.91 Å².